The highest BCUT2D eigenvalue weighted by molar-refractivity contribution is 6.04. The minimum atomic E-state index is -0.229. The number of ether oxygens (including phenoxy) is 2. The summed E-state index contributed by atoms with van der Waals surface area (Å²) in [5, 5.41) is 6.36. The van der Waals surface area contributed by atoms with Crippen molar-refractivity contribution >= 4 is 23.8 Å². The van der Waals surface area contributed by atoms with E-state index >= 15 is 0 Å². The van der Waals surface area contributed by atoms with Gasteiger partial charge in [0.05, 0.1) is 19.2 Å². The van der Waals surface area contributed by atoms with Gasteiger partial charge in [-0.2, -0.15) is 5.10 Å². The van der Waals surface area contributed by atoms with E-state index in [1.54, 1.807) is 30.3 Å². The zero-order chi connectivity index (χ0) is 20.6. The van der Waals surface area contributed by atoms with Gasteiger partial charge in [-0.25, -0.2) is 0 Å². The van der Waals surface area contributed by atoms with Crippen molar-refractivity contribution in [1.29, 1.82) is 0 Å². The maximum Gasteiger partial charge on any atom is 0.309 e. The predicted molar refractivity (Wildman–Crippen MR) is 111 cm³/mol. The number of aryl methyl sites for hydroxylation is 1. The van der Waals surface area contributed by atoms with E-state index in [2.05, 4.69) is 10.4 Å². The van der Waals surface area contributed by atoms with Crippen molar-refractivity contribution in [3.05, 3.63) is 59.2 Å². The summed E-state index contributed by atoms with van der Waals surface area (Å²) in [6.45, 7) is 2.40. The molecule has 1 unspecified atom stereocenters. The van der Waals surface area contributed by atoms with E-state index in [9.17, 15) is 9.59 Å². The number of carbonyl (C=O) groups is 2. The second kappa shape index (κ2) is 9.73. The summed E-state index contributed by atoms with van der Waals surface area (Å²) in [5.74, 6) is 5.44. The van der Waals surface area contributed by atoms with Crippen LogP contribution in [0.4, 0.5) is 5.69 Å². The number of hydrogen-bond acceptors (Lipinski definition) is 6. The Hall–Kier alpha value is -3.35. The zero-order valence-corrected chi connectivity index (χ0v) is 16.4. The number of amides is 1. The molecular formula is C22H25N3O4. The summed E-state index contributed by atoms with van der Waals surface area (Å²) in [7, 11) is 0. The molecule has 0 bridgehead atoms. The van der Waals surface area contributed by atoms with Gasteiger partial charge >= 0.3 is 5.97 Å². The van der Waals surface area contributed by atoms with Crippen molar-refractivity contribution in [2.75, 3.05) is 11.9 Å². The molecule has 1 atom stereocenters. The maximum atomic E-state index is 12.5. The number of hydrogen-bond donors (Lipinski definition) is 2. The number of nitrogens with zero attached hydrogens (tertiary/aromatic N) is 1. The van der Waals surface area contributed by atoms with Crippen LogP contribution in [-0.4, -0.2) is 30.8 Å². The fourth-order valence-electron chi connectivity index (χ4n) is 3.14. The molecule has 29 heavy (non-hydrogen) atoms. The minimum absolute atomic E-state index is 0.178. The van der Waals surface area contributed by atoms with Gasteiger partial charge in [0.15, 0.2) is 0 Å². The Bertz CT molecular complexity index is 893. The first-order valence-corrected chi connectivity index (χ1v) is 9.69. The molecule has 0 aliphatic carbocycles. The van der Waals surface area contributed by atoms with Gasteiger partial charge in [-0.3, -0.25) is 9.59 Å². The molecule has 0 aromatic heterocycles. The Morgan fingerprint density at radius 2 is 2.07 bits per heavy atom. The number of fused-ring (bicyclic) bond motifs is 1. The molecule has 1 aliphatic heterocycles. The molecule has 0 fully saturated rings. The minimum Gasteiger partial charge on any atom is -0.490 e. The van der Waals surface area contributed by atoms with Gasteiger partial charge in [0.2, 0.25) is 0 Å². The number of carbonyl (C=O) groups excluding carboxylic acids is 2. The van der Waals surface area contributed by atoms with Crippen LogP contribution in [0, 0.1) is 0 Å². The smallest absolute Gasteiger partial charge is 0.309 e. The fraction of sp³-hybridized carbons (Fsp3) is 0.318. The van der Waals surface area contributed by atoms with Gasteiger partial charge in [0.1, 0.15) is 11.9 Å². The number of benzene rings is 2. The highest BCUT2D eigenvalue weighted by atomic mass is 16.5. The van der Waals surface area contributed by atoms with Crippen LogP contribution in [0.15, 0.2) is 47.6 Å². The van der Waals surface area contributed by atoms with Gasteiger partial charge in [-0.05, 0) is 60.7 Å². The molecule has 0 saturated heterocycles. The molecule has 7 heteroatoms. The lowest BCUT2D eigenvalue weighted by Gasteiger charge is -2.26. The topological polar surface area (TPSA) is 103 Å². The van der Waals surface area contributed by atoms with Crippen LogP contribution in [0.25, 0.3) is 0 Å². The number of nitrogens with two attached hydrogens (primary N) is 1. The normalized spacial score (nSPS) is 15.4. The molecule has 1 amide bonds. The lowest BCUT2D eigenvalue weighted by atomic mass is 10.00. The van der Waals surface area contributed by atoms with E-state index in [4.69, 9.17) is 15.3 Å². The van der Waals surface area contributed by atoms with Crippen LogP contribution < -0.4 is 15.9 Å². The van der Waals surface area contributed by atoms with Crippen LogP contribution in [0.2, 0.25) is 0 Å². The lowest BCUT2D eigenvalue weighted by Crippen LogP contribution is -2.26. The van der Waals surface area contributed by atoms with Crippen molar-refractivity contribution in [3.63, 3.8) is 0 Å². The third kappa shape index (κ3) is 5.57. The van der Waals surface area contributed by atoms with Gasteiger partial charge < -0.3 is 20.6 Å². The fourth-order valence-corrected chi connectivity index (χ4v) is 3.14. The molecular weight excluding hydrogens is 370 g/mol. The molecule has 1 heterocycles. The van der Waals surface area contributed by atoms with Gasteiger partial charge in [-0.15, -0.1) is 0 Å². The molecule has 3 N–H and O–H groups in total. The second-order valence-electron chi connectivity index (χ2n) is 6.88. The molecule has 152 valence electrons. The van der Waals surface area contributed by atoms with E-state index in [0.29, 0.717) is 17.9 Å². The number of esters is 1. The van der Waals surface area contributed by atoms with Crippen LogP contribution in [0.1, 0.15) is 47.7 Å². The Morgan fingerprint density at radius 1 is 1.28 bits per heavy atom. The van der Waals surface area contributed by atoms with Crippen molar-refractivity contribution in [2.24, 2.45) is 10.9 Å². The molecule has 7 nitrogen and oxygen atoms in total. The zero-order valence-electron chi connectivity index (χ0n) is 16.4. The number of rotatable bonds is 7. The summed E-state index contributed by atoms with van der Waals surface area (Å²) in [5.41, 5.74) is 3.07. The van der Waals surface area contributed by atoms with Crippen molar-refractivity contribution in [2.45, 2.75) is 38.7 Å². The summed E-state index contributed by atoms with van der Waals surface area (Å²) >= 11 is 0. The Morgan fingerprint density at radius 3 is 2.79 bits per heavy atom. The summed E-state index contributed by atoms with van der Waals surface area (Å²) in [6, 6.07) is 12.5. The number of nitrogens with one attached hydrogen (secondary N) is 1. The summed E-state index contributed by atoms with van der Waals surface area (Å²) in [4.78, 5) is 24.2. The van der Waals surface area contributed by atoms with E-state index in [1.807, 2.05) is 19.1 Å². The summed E-state index contributed by atoms with van der Waals surface area (Å²) < 4.78 is 11.1. The van der Waals surface area contributed by atoms with Crippen LogP contribution >= 0.6 is 0 Å². The Kier molecular flexibility index (Phi) is 6.84. The van der Waals surface area contributed by atoms with Crippen LogP contribution in [0.5, 0.6) is 5.75 Å². The van der Waals surface area contributed by atoms with E-state index < -0.39 is 0 Å². The molecule has 3 rings (SSSR count). The van der Waals surface area contributed by atoms with E-state index in [1.165, 1.54) is 6.21 Å². The van der Waals surface area contributed by atoms with Crippen molar-refractivity contribution in [1.82, 2.24) is 0 Å². The van der Waals surface area contributed by atoms with Crippen LogP contribution in [-0.2, 0) is 16.0 Å². The van der Waals surface area contributed by atoms with E-state index in [-0.39, 0.29) is 24.4 Å². The van der Waals surface area contributed by atoms with Crippen molar-refractivity contribution < 1.29 is 19.1 Å². The van der Waals surface area contributed by atoms with Gasteiger partial charge in [-0.1, -0.05) is 19.1 Å². The molecule has 2 aromatic carbocycles. The average Bonchev–Trinajstić information content (AvgIpc) is 2.73. The molecule has 2 aromatic rings. The highest BCUT2D eigenvalue weighted by Crippen LogP contribution is 2.31. The number of hydrazone groups is 1. The standard InChI is InChI=1S/C22H25N3O4/c1-2-11-28-21(26)13-19-9-7-17-12-18(8-10-20(17)29-19)25-22(27)16-5-3-15(4-6-16)14-24-23/h3-6,8,10,12,14,19H,2,7,9,11,13,23H2,1H3,(H,25,27). The Labute approximate surface area is 169 Å². The average molecular weight is 395 g/mol. The quantitative estimate of drug-likeness (QED) is 0.324. The first kappa shape index (κ1) is 20.4. The Balaban J connectivity index is 1.60. The third-order valence-electron chi connectivity index (χ3n) is 4.61. The molecule has 1 aliphatic rings. The molecule has 0 radical (unpaired) electrons. The van der Waals surface area contributed by atoms with E-state index in [0.717, 1.165) is 36.1 Å². The van der Waals surface area contributed by atoms with Gasteiger partial charge in [0.25, 0.3) is 5.91 Å². The third-order valence-corrected chi connectivity index (χ3v) is 4.61. The number of anilines is 1. The van der Waals surface area contributed by atoms with Crippen molar-refractivity contribution in [3.8, 4) is 5.75 Å². The predicted octanol–water partition coefficient (Wildman–Crippen LogP) is 3.27. The largest absolute Gasteiger partial charge is 0.490 e. The first-order chi connectivity index (χ1) is 14.1. The molecule has 0 spiro atoms. The highest BCUT2D eigenvalue weighted by Gasteiger charge is 2.23. The monoisotopic (exact) mass is 395 g/mol. The maximum absolute atomic E-state index is 12.5. The molecule has 0 saturated carbocycles. The van der Waals surface area contributed by atoms with Gasteiger partial charge in [0, 0.05) is 11.3 Å². The van der Waals surface area contributed by atoms with Crippen LogP contribution in [0.3, 0.4) is 0 Å². The second-order valence-corrected chi connectivity index (χ2v) is 6.88. The lowest BCUT2D eigenvalue weighted by molar-refractivity contribution is -0.145. The SMILES string of the molecule is CCCOC(=O)CC1CCc2cc(NC(=O)c3ccc(C=NN)cc3)ccc2O1. The first-order valence-electron chi connectivity index (χ1n) is 9.69. The summed E-state index contributed by atoms with van der Waals surface area (Å²) in [6.07, 6.45) is 3.90.